The molecule has 35 heavy (non-hydrogen) atoms. The second-order valence-electron chi connectivity index (χ2n) is 8.73. The lowest BCUT2D eigenvalue weighted by molar-refractivity contribution is -0.134. The highest BCUT2D eigenvalue weighted by Gasteiger charge is 2.22. The van der Waals surface area contributed by atoms with Crippen LogP contribution < -0.4 is 21.3 Å². The summed E-state index contributed by atoms with van der Waals surface area (Å²) in [4.78, 5) is 36.9. The van der Waals surface area contributed by atoms with Crippen molar-refractivity contribution in [3.8, 4) is 11.3 Å². The lowest BCUT2D eigenvalue weighted by Gasteiger charge is -2.37. The van der Waals surface area contributed by atoms with E-state index < -0.39 is 0 Å². The van der Waals surface area contributed by atoms with Crippen LogP contribution in [0.4, 0.5) is 23.0 Å². The average molecular weight is 474 g/mol. The van der Waals surface area contributed by atoms with Gasteiger partial charge in [-0.2, -0.15) is 0 Å². The lowest BCUT2D eigenvalue weighted by atomic mass is 10.1. The fraction of sp³-hybridized carbons (Fsp3) is 0.308. The summed E-state index contributed by atoms with van der Waals surface area (Å²) < 4.78 is 0. The third-order valence-electron chi connectivity index (χ3n) is 5.88. The second-order valence-corrected chi connectivity index (χ2v) is 8.73. The lowest BCUT2D eigenvalue weighted by Crippen LogP contribution is -2.49. The van der Waals surface area contributed by atoms with Crippen LogP contribution in [0, 0.1) is 5.92 Å². The Morgan fingerprint density at radius 2 is 1.60 bits per heavy atom. The van der Waals surface area contributed by atoms with Gasteiger partial charge >= 0.3 is 0 Å². The highest BCUT2D eigenvalue weighted by Crippen LogP contribution is 2.24. The molecule has 1 fully saturated rings. The Bertz CT molecular complexity index is 1160. The summed E-state index contributed by atoms with van der Waals surface area (Å²) in [6, 6.07) is 17.4. The van der Waals surface area contributed by atoms with E-state index in [2.05, 4.69) is 37.6 Å². The molecule has 9 heteroatoms. The van der Waals surface area contributed by atoms with Crippen LogP contribution >= 0.6 is 0 Å². The van der Waals surface area contributed by atoms with E-state index in [4.69, 9.17) is 5.73 Å². The maximum absolute atomic E-state index is 12.2. The fourth-order valence-corrected chi connectivity index (χ4v) is 3.95. The molecule has 3 aromatic rings. The van der Waals surface area contributed by atoms with E-state index in [1.54, 1.807) is 6.20 Å². The molecule has 1 saturated heterocycles. The van der Waals surface area contributed by atoms with Gasteiger partial charge in [-0.15, -0.1) is 0 Å². The number of benzene rings is 2. The van der Waals surface area contributed by atoms with Crippen LogP contribution in [-0.2, 0) is 9.59 Å². The van der Waals surface area contributed by atoms with Crippen LogP contribution in [0.3, 0.4) is 0 Å². The molecule has 2 heterocycles. The Morgan fingerprint density at radius 3 is 2.23 bits per heavy atom. The van der Waals surface area contributed by atoms with E-state index in [0.29, 0.717) is 11.6 Å². The molecule has 1 aliphatic heterocycles. The van der Waals surface area contributed by atoms with Crippen LogP contribution in [0.1, 0.15) is 13.8 Å². The average Bonchev–Trinajstić information content (AvgIpc) is 2.89. The van der Waals surface area contributed by atoms with E-state index in [1.165, 1.54) is 0 Å². The molecule has 0 aliphatic carbocycles. The molecule has 1 aromatic heterocycles. The van der Waals surface area contributed by atoms with Crippen molar-refractivity contribution in [2.45, 2.75) is 13.8 Å². The molecule has 0 spiro atoms. The number of rotatable bonds is 7. The van der Waals surface area contributed by atoms with Crippen molar-refractivity contribution in [3.63, 3.8) is 0 Å². The quantitative estimate of drug-likeness (QED) is 0.483. The number of nitrogens with one attached hydrogen (secondary N) is 2. The largest absolute Gasteiger partial charge is 0.368 e. The van der Waals surface area contributed by atoms with Gasteiger partial charge in [0.05, 0.1) is 12.2 Å². The third kappa shape index (κ3) is 6.13. The van der Waals surface area contributed by atoms with Crippen molar-refractivity contribution in [1.82, 2.24) is 14.9 Å². The second kappa shape index (κ2) is 11.0. The molecular formula is C26H31N7O2. The van der Waals surface area contributed by atoms with Crippen LogP contribution in [-0.4, -0.2) is 59.4 Å². The molecule has 0 radical (unpaired) electrons. The van der Waals surface area contributed by atoms with Crippen LogP contribution in [0.15, 0.2) is 60.8 Å². The van der Waals surface area contributed by atoms with Crippen LogP contribution in [0.2, 0.25) is 0 Å². The normalized spacial score (nSPS) is 13.6. The Balaban J connectivity index is 1.37. The first kappa shape index (κ1) is 24.2. The molecule has 0 saturated carbocycles. The Labute approximate surface area is 205 Å². The number of piperazine rings is 1. The van der Waals surface area contributed by atoms with Crippen molar-refractivity contribution >= 4 is 34.8 Å². The van der Waals surface area contributed by atoms with E-state index in [0.717, 1.165) is 48.8 Å². The first-order valence-electron chi connectivity index (χ1n) is 11.8. The number of amides is 2. The van der Waals surface area contributed by atoms with Gasteiger partial charge in [0.2, 0.25) is 17.8 Å². The van der Waals surface area contributed by atoms with Gasteiger partial charge in [-0.3, -0.25) is 9.59 Å². The van der Waals surface area contributed by atoms with Gasteiger partial charge in [0.15, 0.2) is 0 Å². The molecule has 9 nitrogen and oxygen atoms in total. The standard InChI is InChI=1S/C26H31N7O2/c1-18(2)25(35)33-15-13-32(14-16-33)22-9-7-21(8-10-22)30-26-28-12-11-23(31-26)19-3-5-20(6-4-19)29-24(34)17-27/h3-12,18H,13-17,27H2,1-2H3,(H,29,34)(H,28,30,31). The van der Waals surface area contributed by atoms with Crippen molar-refractivity contribution in [3.05, 3.63) is 60.8 Å². The summed E-state index contributed by atoms with van der Waals surface area (Å²) >= 11 is 0. The van der Waals surface area contributed by atoms with E-state index in [9.17, 15) is 9.59 Å². The first-order valence-corrected chi connectivity index (χ1v) is 11.8. The smallest absolute Gasteiger partial charge is 0.238 e. The van der Waals surface area contributed by atoms with Gasteiger partial charge in [-0.25, -0.2) is 9.97 Å². The number of nitrogens with two attached hydrogens (primary N) is 1. The van der Waals surface area contributed by atoms with E-state index >= 15 is 0 Å². The number of carbonyl (C=O) groups excluding carboxylic acids is 2. The molecule has 1 aliphatic rings. The zero-order valence-electron chi connectivity index (χ0n) is 20.1. The SMILES string of the molecule is CC(C)C(=O)N1CCN(c2ccc(Nc3nccc(-c4ccc(NC(=O)CN)cc4)n3)cc2)CC1. The summed E-state index contributed by atoms with van der Waals surface area (Å²) in [5.41, 5.74) is 9.72. The summed E-state index contributed by atoms with van der Waals surface area (Å²) in [6.45, 7) is 6.98. The highest BCUT2D eigenvalue weighted by molar-refractivity contribution is 5.92. The molecule has 2 amide bonds. The topological polar surface area (TPSA) is 116 Å². The number of nitrogens with zero attached hydrogens (tertiary/aromatic N) is 4. The molecule has 4 N–H and O–H groups in total. The third-order valence-corrected chi connectivity index (χ3v) is 5.88. The van der Waals surface area contributed by atoms with Crippen LogP contribution in [0.25, 0.3) is 11.3 Å². The summed E-state index contributed by atoms with van der Waals surface area (Å²) in [6.07, 6.45) is 1.71. The van der Waals surface area contributed by atoms with Crippen molar-refractivity contribution < 1.29 is 9.59 Å². The monoisotopic (exact) mass is 473 g/mol. The fourth-order valence-electron chi connectivity index (χ4n) is 3.95. The first-order chi connectivity index (χ1) is 16.9. The number of hydrogen-bond acceptors (Lipinski definition) is 7. The predicted octanol–water partition coefficient (Wildman–Crippen LogP) is 3.09. The molecule has 182 valence electrons. The van der Waals surface area contributed by atoms with E-state index in [1.807, 2.05) is 61.2 Å². The molecular weight excluding hydrogens is 442 g/mol. The number of anilines is 4. The van der Waals surface area contributed by atoms with Gasteiger partial charge in [0.25, 0.3) is 0 Å². The van der Waals surface area contributed by atoms with Gasteiger partial charge in [-0.1, -0.05) is 26.0 Å². The number of aromatic nitrogens is 2. The molecule has 0 bridgehead atoms. The summed E-state index contributed by atoms with van der Waals surface area (Å²) in [7, 11) is 0. The zero-order valence-corrected chi connectivity index (χ0v) is 20.1. The van der Waals surface area contributed by atoms with Crippen molar-refractivity contribution in [2.75, 3.05) is 48.3 Å². The number of carbonyl (C=O) groups is 2. The molecule has 0 unspecified atom stereocenters. The maximum atomic E-state index is 12.2. The van der Waals surface area contributed by atoms with Gasteiger partial charge in [0.1, 0.15) is 0 Å². The summed E-state index contributed by atoms with van der Waals surface area (Å²) in [5.74, 6) is 0.522. The predicted molar refractivity (Wildman–Crippen MR) is 139 cm³/mol. The van der Waals surface area contributed by atoms with E-state index in [-0.39, 0.29) is 24.3 Å². The Morgan fingerprint density at radius 1 is 0.943 bits per heavy atom. The molecule has 2 aromatic carbocycles. The highest BCUT2D eigenvalue weighted by atomic mass is 16.2. The minimum atomic E-state index is -0.235. The maximum Gasteiger partial charge on any atom is 0.238 e. The van der Waals surface area contributed by atoms with Gasteiger partial charge < -0.3 is 26.2 Å². The minimum Gasteiger partial charge on any atom is -0.368 e. The number of hydrogen-bond donors (Lipinski definition) is 3. The van der Waals surface area contributed by atoms with Crippen molar-refractivity contribution in [1.29, 1.82) is 0 Å². The van der Waals surface area contributed by atoms with Gasteiger partial charge in [0, 0.05) is 60.9 Å². The molecule has 0 atom stereocenters. The summed E-state index contributed by atoms with van der Waals surface area (Å²) in [5, 5.41) is 5.98. The zero-order chi connectivity index (χ0) is 24.8. The Kier molecular flexibility index (Phi) is 7.57. The minimum absolute atomic E-state index is 0.0380. The van der Waals surface area contributed by atoms with Crippen LogP contribution in [0.5, 0.6) is 0 Å². The molecule has 4 rings (SSSR count). The van der Waals surface area contributed by atoms with Gasteiger partial charge in [-0.05, 0) is 42.5 Å². The Hall–Kier alpha value is -3.98. The van der Waals surface area contributed by atoms with Crippen molar-refractivity contribution in [2.24, 2.45) is 11.7 Å².